The van der Waals surface area contributed by atoms with Crippen molar-refractivity contribution >= 4 is 0 Å². The summed E-state index contributed by atoms with van der Waals surface area (Å²) in [6, 6.07) is 9.93. The normalized spacial score (nSPS) is 14.5. The first kappa shape index (κ1) is 12.0. The molecule has 0 spiro atoms. The van der Waals surface area contributed by atoms with E-state index in [1.165, 1.54) is 0 Å². The lowest BCUT2D eigenvalue weighted by molar-refractivity contribution is -0.0741. The van der Waals surface area contributed by atoms with Crippen molar-refractivity contribution in [2.24, 2.45) is 0 Å². The minimum atomic E-state index is -0.516. The second kappa shape index (κ2) is 5.69. The van der Waals surface area contributed by atoms with Crippen LogP contribution in [0.15, 0.2) is 43.0 Å². The first-order valence-electron chi connectivity index (χ1n) is 5.10. The zero-order chi connectivity index (χ0) is 11.1. The van der Waals surface area contributed by atoms with Crippen LogP contribution < -0.4 is 0 Å². The van der Waals surface area contributed by atoms with Gasteiger partial charge in [0.05, 0.1) is 18.8 Å². The average molecular weight is 206 g/mol. The molecule has 2 heteroatoms. The van der Waals surface area contributed by atoms with Crippen molar-refractivity contribution in [1.29, 1.82) is 0 Å². The topological polar surface area (TPSA) is 29.5 Å². The number of ether oxygens (including phenoxy) is 1. The zero-order valence-corrected chi connectivity index (χ0v) is 9.15. The third-order valence-electron chi connectivity index (χ3n) is 2.34. The highest BCUT2D eigenvalue weighted by molar-refractivity contribution is 5.13. The van der Waals surface area contributed by atoms with Crippen molar-refractivity contribution in [1.82, 2.24) is 0 Å². The van der Waals surface area contributed by atoms with Gasteiger partial charge in [-0.05, 0) is 18.9 Å². The number of hydrogen-bond donors (Lipinski definition) is 1. The van der Waals surface area contributed by atoms with E-state index < -0.39 is 5.60 Å². The highest BCUT2D eigenvalue weighted by atomic mass is 16.5. The SMILES string of the molecule is C=CCC(C)(CO)OCc1ccccc1. The number of aliphatic hydroxyl groups excluding tert-OH is 1. The molecule has 0 aliphatic rings. The summed E-state index contributed by atoms with van der Waals surface area (Å²) >= 11 is 0. The van der Waals surface area contributed by atoms with Crippen LogP contribution in [0.2, 0.25) is 0 Å². The Labute approximate surface area is 91.2 Å². The Balaban J connectivity index is 2.51. The highest BCUT2D eigenvalue weighted by Gasteiger charge is 2.22. The molecule has 0 bridgehead atoms. The molecule has 82 valence electrons. The Hall–Kier alpha value is -1.12. The van der Waals surface area contributed by atoms with Gasteiger partial charge in [-0.1, -0.05) is 36.4 Å². The Morgan fingerprint density at radius 1 is 1.40 bits per heavy atom. The van der Waals surface area contributed by atoms with E-state index in [9.17, 15) is 5.11 Å². The van der Waals surface area contributed by atoms with Gasteiger partial charge in [0.1, 0.15) is 0 Å². The van der Waals surface area contributed by atoms with Crippen LogP contribution in [0, 0.1) is 0 Å². The van der Waals surface area contributed by atoms with Crippen molar-refractivity contribution in [2.45, 2.75) is 25.6 Å². The van der Waals surface area contributed by atoms with E-state index in [0.29, 0.717) is 13.0 Å². The predicted molar refractivity (Wildman–Crippen MR) is 61.5 cm³/mol. The van der Waals surface area contributed by atoms with Crippen LogP contribution in [0.3, 0.4) is 0 Å². The number of hydrogen-bond acceptors (Lipinski definition) is 2. The summed E-state index contributed by atoms with van der Waals surface area (Å²) in [4.78, 5) is 0. The Kier molecular flexibility index (Phi) is 4.53. The van der Waals surface area contributed by atoms with E-state index >= 15 is 0 Å². The van der Waals surface area contributed by atoms with E-state index in [1.807, 2.05) is 37.3 Å². The molecule has 0 radical (unpaired) electrons. The van der Waals surface area contributed by atoms with Crippen molar-refractivity contribution in [3.8, 4) is 0 Å². The summed E-state index contributed by atoms with van der Waals surface area (Å²) in [5.74, 6) is 0. The summed E-state index contributed by atoms with van der Waals surface area (Å²) in [5.41, 5.74) is 0.596. The quantitative estimate of drug-likeness (QED) is 0.725. The van der Waals surface area contributed by atoms with Crippen molar-refractivity contribution in [3.63, 3.8) is 0 Å². The van der Waals surface area contributed by atoms with E-state index in [1.54, 1.807) is 6.08 Å². The summed E-state index contributed by atoms with van der Waals surface area (Å²) in [6.07, 6.45) is 2.41. The molecule has 0 heterocycles. The maximum Gasteiger partial charge on any atom is 0.0922 e. The predicted octanol–water partition coefficient (Wildman–Crippen LogP) is 2.53. The van der Waals surface area contributed by atoms with Gasteiger partial charge in [0.2, 0.25) is 0 Å². The first-order chi connectivity index (χ1) is 7.20. The van der Waals surface area contributed by atoms with Crippen molar-refractivity contribution in [3.05, 3.63) is 48.6 Å². The van der Waals surface area contributed by atoms with Gasteiger partial charge in [-0.3, -0.25) is 0 Å². The maximum absolute atomic E-state index is 9.22. The molecule has 15 heavy (non-hydrogen) atoms. The fourth-order valence-electron chi connectivity index (χ4n) is 1.31. The molecular formula is C13H18O2. The van der Waals surface area contributed by atoms with Gasteiger partial charge in [-0.25, -0.2) is 0 Å². The minimum Gasteiger partial charge on any atom is -0.393 e. The van der Waals surface area contributed by atoms with Gasteiger partial charge in [0.25, 0.3) is 0 Å². The smallest absolute Gasteiger partial charge is 0.0922 e. The largest absolute Gasteiger partial charge is 0.393 e. The summed E-state index contributed by atoms with van der Waals surface area (Å²) in [5, 5.41) is 9.22. The standard InChI is InChI=1S/C13H18O2/c1-3-9-13(2,11-14)15-10-12-7-5-4-6-8-12/h3-8,14H,1,9-11H2,2H3. The molecule has 1 rings (SSSR count). The third kappa shape index (κ3) is 3.86. The van der Waals surface area contributed by atoms with Crippen LogP contribution in [-0.2, 0) is 11.3 Å². The van der Waals surface area contributed by atoms with Crippen LogP contribution in [0.4, 0.5) is 0 Å². The molecule has 1 atom stereocenters. The molecule has 0 saturated heterocycles. The fraction of sp³-hybridized carbons (Fsp3) is 0.385. The molecule has 1 N–H and O–H groups in total. The Morgan fingerprint density at radius 2 is 2.07 bits per heavy atom. The molecule has 0 amide bonds. The monoisotopic (exact) mass is 206 g/mol. The fourth-order valence-corrected chi connectivity index (χ4v) is 1.31. The molecule has 0 aliphatic heterocycles. The second-order valence-corrected chi connectivity index (χ2v) is 3.88. The van der Waals surface area contributed by atoms with Gasteiger partial charge in [-0.2, -0.15) is 0 Å². The molecule has 1 aromatic rings. The van der Waals surface area contributed by atoms with Gasteiger partial charge in [0.15, 0.2) is 0 Å². The van der Waals surface area contributed by atoms with E-state index in [-0.39, 0.29) is 6.61 Å². The third-order valence-corrected chi connectivity index (χ3v) is 2.34. The molecule has 0 aliphatic carbocycles. The first-order valence-corrected chi connectivity index (χ1v) is 5.10. The van der Waals surface area contributed by atoms with Crippen LogP contribution in [0.1, 0.15) is 18.9 Å². The maximum atomic E-state index is 9.22. The lowest BCUT2D eigenvalue weighted by Crippen LogP contribution is -2.32. The van der Waals surface area contributed by atoms with Gasteiger partial charge < -0.3 is 9.84 Å². The van der Waals surface area contributed by atoms with Gasteiger partial charge in [-0.15, -0.1) is 6.58 Å². The Morgan fingerprint density at radius 3 is 2.60 bits per heavy atom. The van der Waals surface area contributed by atoms with Crippen molar-refractivity contribution in [2.75, 3.05) is 6.61 Å². The van der Waals surface area contributed by atoms with Crippen molar-refractivity contribution < 1.29 is 9.84 Å². The van der Waals surface area contributed by atoms with Gasteiger partial charge in [0, 0.05) is 0 Å². The molecule has 0 aromatic heterocycles. The lowest BCUT2D eigenvalue weighted by atomic mass is 10.0. The molecule has 0 fully saturated rings. The zero-order valence-electron chi connectivity index (χ0n) is 9.15. The molecular weight excluding hydrogens is 188 g/mol. The Bertz CT molecular complexity index is 295. The van der Waals surface area contributed by atoms with Crippen LogP contribution in [0.25, 0.3) is 0 Å². The van der Waals surface area contributed by atoms with E-state index in [0.717, 1.165) is 5.56 Å². The average Bonchev–Trinajstić information content (AvgIpc) is 2.28. The number of aliphatic hydroxyl groups is 1. The molecule has 2 nitrogen and oxygen atoms in total. The minimum absolute atomic E-state index is 0.00581. The van der Waals surface area contributed by atoms with Gasteiger partial charge >= 0.3 is 0 Å². The van der Waals surface area contributed by atoms with Crippen LogP contribution in [-0.4, -0.2) is 17.3 Å². The highest BCUT2D eigenvalue weighted by Crippen LogP contribution is 2.17. The summed E-state index contributed by atoms with van der Waals surface area (Å²) < 4.78 is 5.68. The molecule has 1 unspecified atom stereocenters. The number of benzene rings is 1. The summed E-state index contributed by atoms with van der Waals surface area (Å²) in [7, 11) is 0. The molecule has 1 aromatic carbocycles. The van der Waals surface area contributed by atoms with Crippen LogP contribution >= 0.6 is 0 Å². The second-order valence-electron chi connectivity index (χ2n) is 3.88. The molecule has 0 saturated carbocycles. The van der Waals surface area contributed by atoms with E-state index in [4.69, 9.17) is 4.74 Å². The van der Waals surface area contributed by atoms with Crippen LogP contribution in [0.5, 0.6) is 0 Å². The van der Waals surface area contributed by atoms with E-state index in [2.05, 4.69) is 6.58 Å². The lowest BCUT2D eigenvalue weighted by Gasteiger charge is -2.26. The number of rotatable bonds is 6. The summed E-state index contributed by atoms with van der Waals surface area (Å²) in [6.45, 7) is 6.07.